The van der Waals surface area contributed by atoms with Crippen LogP contribution in [-0.2, 0) is 30.0 Å². The second-order valence-corrected chi connectivity index (χ2v) is 8.09. The number of aryl methyl sites for hydroxylation is 2. The molecule has 1 aromatic heterocycles. The molecule has 0 spiro atoms. The molecule has 1 aromatic carbocycles. The number of rotatable bonds is 6. The van der Waals surface area contributed by atoms with Gasteiger partial charge in [-0.25, -0.2) is 13.4 Å². The number of hydrogen-bond donors (Lipinski definition) is 2. The van der Waals surface area contributed by atoms with Crippen molar-refractivity contribution in [2.24, 2.45) is 12.0 Å². The first-order chi connectivity index (χ1) is 11.8. The van der Waals surface area contributed by atoms with Crippen molar-refractivity contribution in [3.63, 3.8) is 0 Å². The third-order valence-corrected chi connectivity index (χ3v) is 5.01. The largest absolute Gasteiger partial charge is 0.357 e. The molecule has 0 atom stereocenters. The van der Waals surface area contributed by atoms with Crippen LogP contribution in [0.3, 0.4) is 0 Å². The summed E-state index contributed by atoms with van der Waals surface area (Å²) in [6.07, 6.45) is 5.27. The predicted octanol–water partition coefficient (Wildman–Crippen LogP) is 1.99. The average molecular weight is 362 g/mol. The average Bonchev–Trinajstić information content (AvgIpc) is 2.94. The van der Waals surface area contributed by atoms with Crippen molar-refractivity contribution in [3.05, 3.63) is 53.3 Å². The van der Waals surface area contributed by atoms with Gasteiger partial charge in [-0.1, -0.05) is 12.1 Å². The van der Waals surface area contributed by atoms with Crippen LogP contribution in [0.5, 0.6) is 0 Å². The Morgan fingerprint density at radius 2 is 1.96 bits per heavy atom. The normalized spacial score (nSPS) is 12.2. The lowest BCUT2D eigenvalue weighted by Gasteiger charge is -2.12. The number of nitrogens with zero attached hydrogens (tertiary/aromatic N) is 2. The van der Waals surface area contributed by atoms with E-state index in [0.717, 1.165) is 29.2 Å². The Bertz CT molecular complexity index is 854. The summed E-state index contributed by atoms with van der Waals surface area (Å²) < 4.78 is 25.4. The molecule has 0 aliphatic rings. The Hall–Kier alpha value is -2.28. The second-order valence-electron chi connectivity index (χ2n) is 6.11. The Kier molecular flexibility index (Phi) is 6.25. The molecule has 0 unspecified atom stereocenters. The van der Waals surface area contributed by atoms with Crippen LogP contribution in [0.25, 0.3) is 0 Å². The maximum absolute atomic E-state index is 11.7. The van der Waals surface area contributed by atoms with Gasteiger partial charge in [0.15, 0.2) is 15.8 Å². The van der Waals surface area contributed by atoms with Gasteiger partial charge in [0.1, 0.15) is 0 Å². The molecule has 136 valence electrons. The summed E-state index contributed by atoms with van der Waals surface area (Å²) in [5, 5.41) is 6.50. The molecule has 0 amide bonds. The smallest absolute Gasteiger partial charge is 0.191 e. The topological polar surface area (TPSA) is 75.5 Å². The highest BCUT2D eigenvalue weighted by atomic mass is 32.2. The van der Waals surface area contributed by atoms with Gasteiger partial charge >= 0.3 is 0 Å². The zero-order chi connectivity index (χ0) is 18.4. The van der Waals surface area contributed by atoms with Gasteiger partial charge in [0.05, 0.1) is 11.4 Å². The zero-order valence-electron chi connectivity index (χ0n) is 15.2. The van der Waals surface area contributed by atoms with Crippen molar-refractivity contribution in [2.45, 2.75) is 31.8 Å². The summed E-state index contributed by atoms with van der Waals surface area (Å²) in [7, 11) is -1.20. The van der Waals surface area contributed by atoms with Gasteiger partial charge in [0.2, 0.25) is 0 Å². The van der Waals surface area contributed by atoms with Crippen molar-refractivity contribution in [1.29, 1.82) is 0 Å². The quantitative estimate of drug-likeness (QED) is 0.609. The molecule has 0 radical (unpaired) electrons. The Morgan fingerprint density at radius 1 is 1.20 bits per heavy atom. The summed E-state index contributed by atoms with van der Waals surface area (Å²) >= 11 is 0. The molecular formula is C18H26N4O2S. The molecule has 7 heteroatoms. The van der Waals surface area contributed by atoms with E-state index >= 15 is 0 Å². The fraction of sp³-hybridized carbons (Fsp3) is 0.389. The molecule has 2 N–H and O–H groups in total. The van der Waals surface area contributed by atoms with E-state index in [4.69, 9.17) is 0 Å². The van der Waals surface area contributed by atoms with E-state index in [9.17, 15) is 8.42 Å². The van der Waals surface area contributed by atoms with Gasteiger partial charge in [-0.3, -0.25) is 0 Å². The van der Waals surface area contributed by atoms with E-state index < -0.39 is 9.84 Å². The van der Waals surface area contributed by atoms with E-state index in [1.54, 1.807) is 6.07 Å². The Labute approximate surface area is 149 Å². The molecular weight excluding hydrogens is 336 g/mol. The maximum atomic E-state index is 11.7. The van der Waals surface area contributed by atoms with Crippen LogP contribution < -0.4 is 10.6 Å². The number of hydrogen-bond acceptors (Lipinski definition) is 3. The van der Waals surface area contributed by atoms with E-state index in [1.807, 2.05) is 56.1 Å². The SMILES string of the molecule is CCNC(=NCc1ccn(C)c1)NCc1ccc(S(C)(=O)=O)c(C)c1. The minimum atomic E-state index is -3.19. The van der Waals surface area contributed by atoms with Crippen molar-refractivity contribution in [1.82, 2.24) is 15.2 Å². The van der Waals surface area contributed by atoms with Crippen LogP contribution in [-0.4, -0.2) is 31.7 Å². The number of benzene rings is 1. The molecule has 25 heavy (non-hydrogen) atoms. The molecule has 2 rings (SSSR count). The van der Waals surface area contributed by atoms with Crippen LogP contribution in [0.4, 0.5) is 0 Å². The van der Waals surface area contributed by atoms with Crippen molar-refractivity contribution in [3.8, 4) is 0 Å². The number of aliphatic imine (C=N–C) groups is 1. The monoisotopic (exact) mass is 362 g/mol. The van der Waals surface area contributed by atoms with Gasteiger partial charge in [-0.15, -0.1) is 0 Å². The first-order valence-corrected chi connectivity index (χ1v) is 10.1. The third kappa shape index (κ3) is 5.63. The van der Waals surface area contributed by atoms with E-state index in [1.165, 1.54) is 6.26 Å². The number of aromatic nitrogens is 1. The van der Waals surface area contributed by atoms with Crippen molar-refractivity contribution in [2.75, 3.05) is 12.8 Å². The van der Waals surface area contributed by atoms with E-state index in [0.29, 0.717) is 18.0 Å². The Balaban J connectivity index is 2.04. The standard InChI is InChI=1S/C18H26N4O2S/c1-5-19-18(21-12-16-8-9-22(3)13-16)20-11-15-6-7-17(14(2)10-15)25(4,23)24/h6-10,13H,5,11-12H2,1-4H3,(H2,19,20,21). The van der Waals surface area contributed by atoms with Crippen LogP contribution >= 0.6 is 0 Å². The highest BCUT2D eigenvalue weighted by Crippen LogP contribution is 2.16. The fourth-order valence-electron chi connectivity index (χ4n) is 2.59. The molecule has 0 fully saturated rings. The van der Waals surface area contributed by atoms with Crippen LogP contribution in [0.15, 0.2) is 46.5 Å². The summed E-state index contributed by atoms with van der Waals surface area (Å²) in [4.78, 5) is 4.95. The summed E-state index contributed by atoms with van der Waals surface area (Å²) in [6, 6.07) is 7.43. The molecule has 6 nitrogen and oxygen atoms in total. The lowest BCUT2D eigenvalue weighted by Crippen LogP contribution is -2.36. The van der Waals surface area contributed by atoms with Crippen molar-refractivity contribution >= 4 is 15.8 Å². The first kappa shape index (κ1) is 19.1. The molecule has 0 aliphatic heterocycles. The zero-order valence-corrected chi connectivity index (χ0v) is 16.0. The van der Waals surface area contributed by atoms with Crippen LogP contribution in [0.2, 0.25) is 0 Å². The molecule has 1 heterocycles. The Morgan fingerprint density at radius 3 is 2.52 bits per heavy atom. The van der Waals surface area contributed by atoms with Gasteiger partial charge < -0.3 is 15.2 Å². The van der Waals surface area contributed by atoms with Crippen LogP contribution in [0, 0.1) is 6.92 Å². The lowest BCUT2D eigenvalue weighted by atomic mass is 10.1. The maximum Gasteiger partial charge on any atom is 0.191 e. The van der Waals surface area contributed by atoms with Gasteiger partial charge in [-0.05, 0) is 42.7 Å². The minimum absolute atomic E-state index is 0.376. The molecule has 0 aliphatic carbocycles. The first-order valence-electron chi connectivity index (χ1n) is 8.22. The number of sulfone groups is 1. The molecule has 0 bridgehead atoms. The van der Waals surface area contributed by atoms with Gasteiger partial charge in [0.25, 0.3) is 0 Å². The minimum Gasteiger partial charge on any atom is -0.357 e. The summed E-state index contributed by atoms with van der Waals surface area (Å²) in [6.45, 7) is 5.78. The second kappa shape index (κ2) is 8.20. The molecule has 0 saturated heterocycles. The third-order valence-electron chi connectivity index (χ3n) is 3.76. The van der Waals surface area contributed by atoms with E-state index in [2.05, 4.69) is 15.6 Å². The highest BCUT2D eigenvalue weighted by molar-refractivity contribution is 7.90. The molecule has 0 saturated carbocycles. The summed E-state index contributed by atoms with van der Waals surface area (Å²) in [5.74, 6) is 0.733. The number of nitrogens with one attached hydrogen (secondary N) is 2. The van der Waals surface area contributed by atoms with Gasteiger partial charge in [0, 0.05) is 38.8 Å². The highest BCUT2D eigenvalue weighted by Gasteiger charge is 2.10. The van der Waals surface area contributed by atoms with Crippen LogP contribution in [0.1, 0.15) is 23.6 Å². The van der Waals surface area contributed by atoms with Crippen molar-refractivity contribution < 1.29 is 8.42 Å². The van der Waals surface area contributed by atoms with Gasteiger partial charge in [-0.2, -0.15) is 0 Å². The number of guanidine groups is 1. The lowest BCUT2D eigenvalue weighted by molar-refractivity contribution is 0.601. The summed E-state index contributed by atoms with van der Waals surface area (Å²) in [5.41, 5.74) is 2.91. The fourth-order valence-corrected chi connectivity index (χ4v) is 3.55. The van der Waals surface area contributed by atoms with E-state index in [-0.39, 0.29) is 0 Å². The predicted molar refractivity (Wildman–Crippen MR) is 101 cm³/mol. The molecule has 2 aromatic rings.